The highest BCUT2D eigenvalue weighted by atomic mass is 19.1. The summed E-state index contributed by atoms with van der Waals surface area (Å²) in [5.74, 6) is -0.184. The Morgan fingerprint density at radius 2 is 1.90 bits per heavy atom. The van der Waals surface area contributed by atoms with Crippen molar-refractivity contribution in [1.82, 2.24) is 15.0 Å². The number of hydrogen-bond donors (Lipinski definition) is 0. The topological polar surface area (TPSA) is 67.7 Å². The van der Waals surface area contributed by atoms with E-state index >= 15 is 0 Å². The molecule has 1 aliphatic rings. The van der Waals surface area contributed by atoms with E-state index in [0.29, 0.717) is 23.4 Å². The summed E-state index contributed by atoms with van der Waals surface area (Å²) in [6, 6.07) is 9.74. The fraction of sp³-hybridized carbons (Fsp3) is 0.273. The van der Waals surface area contributed by atoms with Crippen LogP contribution >= 0.6 is 0 Å². The molecule has 1 amide bonds. The summed E-state index contributed by atoms with van der Waals surface area (Å²) in [7, 11) is 1.53. The third kappa shape index (κ3) is 3.55. The predicted octanol–water partition coefficient (Wildman–Crippen LogP) is 4.11. The molecule has 0 N–H and O–H groups in total. The van der Waals surface area contributed by atoms with Gasteiger partial charge in [0, 0.05) is 30.3 Å². The van der Waals surface area contributed by atoms with Gasteiger partial charge in [-0.25, -0.2) is 9.40 Å². The van der Waals surface area contributed by atoms with Crippen LogP contribution in [0.2, 0.25) is 0 Å². The van der Waals surface area contributed by atoms with Crippen LogP contribution in [0.1, 0.15) is 37.4 Å². The van der Waals surface area contributed by atoms with Crippen LogP contribution in [0.15, 0.2) is 53.9 Å². The lowest BCUT2D eigenvalue weighted by atomic mass is 9.97. The largest absolute Gasteiger partial charge is 0.496 e. The van der Waals surface area contributed by atoms with Crippen LogP contribution < -0.4 is 4.74 Å². The highest BCUT2D eigenvalue weighted by Crippen LogP contribution is 2.36. The Morgan fingerprint density at radius 1 is 1.14 bits per heavy atom. The zero-order valence-electron chi connectivity index (χ0n) is 16.5. The third-order valence-corrected chi connectivity index (χ3v) is 4.98. The minimum absolute atomic E-state index is 0.0976. The molecule has 1 aromatic heterocycles. The second kappa shape index (κ2) is 7.58. The smallest absolute Gasteiger partial charge is 0.245 e. The molecular weight excluding hydrogens is 371 g/mol. The highest BCUT2D eigenvalue weighted by molar-refractivity contribution is 6.05. The Morgan fingerprint density at radius 3 is 2.62 bits per heavy atom. The molecule has 0 radical (unpaired) electrons. The van der Waals surface area contributed by atoms with Crippen LogP contribution in [0.25, 0.3) is 11.0 Å². The van der Waals surface area contributed by atoms with Crippen molar-refractivity contribution in [2.45, 2.75) is 26.3 Å². The fourth-order valence-electron chi connectivity index (χ4n) is 3.49. The van der Waals surface area contributed by atoms with Gasteiger partial charge in [-0.05, 0) is 35.9 Å². The van der Waals surface area contributed by atoms with Crippen molar-refractivity contribution < 1.29 is 13.9 Å². The zero-order chi connectivity index (χ0) is 20.5. The number of methoxy groups -OCH3 is 1. The lowest BCUT2D eigenvalue weighted by Gasteiger charge is -2.23. The monoisotopic (exact) mass is 392 g/mol. The zero-order valence-corrected chi connectivity index (χ0v) is 16.5. The molecule has 29 heavy (non-hydrogen) atoms. The predicted molar refractivity (Wildman–Crippen MR) is 108 cm³/mol. The minimum Gasteiger partial charge on any atom is -0.496 e. The maximum absolute atomic E-state index is 13.9. The number of carbonyl (C=O) groups is 1. The molecular formula is C22H21FN4O2. The Hall–Kier alpha value is -3.35. The Kier molecular flexibility index (Phi) is 4.96. The van der Waals surface area contributed by atoms with Crippen molar-refractivity contribution in [3.8, 4) is 5.75 Å². The van der Waals surface area contributed by atoms with Crippen molar-refractivity contribution in [1.29, 1.82) is 0 Å². The number of fused-ring (bicyclic) bond motifs is 1. The molecule has 0 bridgehead atoms. The molecule has 0 aliphatic carbocycles. The Bertz CT molecular complexity index is 1110. The molecule has 148 valence electrons. The van der Waals surface area contributed by atoms with Crippen LogP contribution in [0.4, 0.5) is 4.39 Å². The maximum atomic E-state index is 13.9. The number of nitrogens with zero attached hydrogens (tertiary/aromatic N) is 4. The molecule has 7 heteroatoms. The number of hydrazone groups is 1. The summed E-state index contributed by atoms with van der Waals surface area (Å²) in [4.78, 5) is 21.5. The quantitative estimate of drug-likeness (QED) is 0.670. The molecule has 0 saturated heterocycles. The molecule has 2 aromatic carbocycles. The molecule has 1 atom stereocenters. The van der Waals surface area contributed by atoms with Gasteiger partial charge in [0.1, 0.15) is 11.6 Å². The number of hydrogen-bond acceptors (Lipinski definition) is 5. The van der Waals surface area contributed by atoms with Crippen molar-refractivity contribution in [2.24, 2.45) is 11.0 Å². The van der Waals surface area contributed by atoms with Gasteiger partial charge in [-0.15, -0.1) is 0 Å². The standard InChI is InChI=1S/C22H21FN4O2/c1-13(2)22(28)27-20(14-4-6-17-19(10-14)25-9-8-24-17)12-18(26-27)16-11-15(23)5-7-21(16)29-3/h4-11,13,20H,12H2,1-3H3. The summed E-state index contributed by atoms with van der Waals surface area (Å²) >= 11 is 0. The molecule has 6 nitrogen and oxygen atoms in total. The first kappa shape index (κ1) is 19.0. The molecule has 4 rings (SSSR count). The molecule has 3 aromatic rings. The Labute approximate surface area is 168 Å². The van der Waals surface area contributed by atoms with E-state index in [-0.39, 0.29) is 23.7 Å². The molecule has 1 unspecified atom stereocenters. The normalized spacial score (nSPS) is 16.4. The fourth-order valence-corrected chi connectivity index (χ4v) is 3.49. The van der Waals surface area contributed by atoms with E-state index in [9.17, 15) is 9.18 Å². The maximum Gasteiger partial charge on any atom is 0.245 e. The summed E-state index contributed by atoms with van der Waals surface area (Å²) in [6.07, 6.45) is 3.73. The SMILES string of the molecule is COc1ccc(F)cc1C1=NN(C(=O)C(C)C)C(c2ccc3nccnc3c2)C1. The van der Waals surface area contributed by atoms with Gasteiger partial charge < -0.3 is 4.74 Å². The number of rotatable bonds is 4. The molecule has 0 saturated carbocycles. The number of halogens is 1. The average Bonchev–Trinajstić information content (AvgIpc) is 3.18. The number of amides is 1. The molecule has 1 aliphatic heterocycles. The number of aromatic nitrogens is 2. The van der Waals surface area contributed by atoms with E-state index in [4.69, 9.17) is 4.74 Å². The van der Waals surface area contributed by atoms with E-state index in [0.717, 1.165) is 16.6 Å². The van der Waals surface area contributed by atoms with E-state index in [2.05, 4.69) is 15.1 Å². The summed E-state index contributed by atoms with van der Waals surface area (Å²) < 4.78 is 19.3. The first-order chi connectivity index (χ1) is 14.0. The highest BCUT2D eigenvalue weighted by Gasteiger charge is 2.35. The summed E-state index contributed by atoms with van der Waals surface area (Å²) in [5.41, 5.74) is 3.60. The lowest BCUT2D eigenvalue weighted by molar-refractivity contribution is -0.136. The van der Waals surface area contributed by atoms with Gasteiger partial charge in [0.25, 0.3) is 0 Å². The molecule has 2 heterocycles. The van der Waals surface area contributed by atoms with Crippen molar-refractivity contribution >= 4 is 22.7 Å². The van der Waals surface area contributed by atoms with Crippen molar-refractivity contribution in [3.05, 3.63) is 65.7 Å². The Balaban J connectivity index is 1.78. The van der Waals surface area contributed by atoms with Gasteiger partial charge in [0.15, 0.2) is 0 Å². The third-order valence-electron chi connectivity index (χ3n) is 4.98. The minimum atomic E-state index is -0.380. The summed E-state index contributed by atoms with van der Waals surface area (Å²) in [5, 5.41) is 6.09. The lowest BCUT2D eigenvalue weighted by Crippen LogP contribution is -2.30. The van der Waals surface area contributed by atoms with E-state index in [1.807, 2.05) is 32.0 Å². The summed E-state index contributed by atoms with van der Waals surface area (Å²) in [6.45, 7) is 3.67. The van der Waals surface area contributed by atoms with Gasteiger partial charge in [0.05, 0.1) is 29.9 Å². The van der Waals surface area contributed by atoms with Gasteiger partial charge in [-0.2, -0.15) is 5.10 Å². The average molecular weight is 392 g/mol. The first-order valence-corrected chi connectivity index (χ1v) is 9.43. The first-order valence-electron chi connectivity index (χ1n) is 9.43. The molecule has 0 spiro atoms. The van der Waals surface area contributed by atoms with Crippen LogP contribution in [0.3, 0.4) is 0 Å². The van der Waals surface area contributed by atoms with Gasteiger partial charge in [0.2, 0.25) is 5.91 Å². The van der Waals surface area contributed by atoms with Crippen LogP contribution in [0, 0.1) is 11.7 Å². The van der Waals surface area contributed by atoms with Gasteiger partial charge in [-0.3, -0.25) is 14.8 Å². The van der Waals surface area contributed by atoms with Gasteiger partial charge >= 0.3 is 0 Å². The number of carbonyl (C=O) groups excluding carboxylic acids is 1. The second-order valence-corrected chi connectivity index (χ2v) is 7.25. The number of benzene rings is 2. The van der Waals surface area contributed by atoms with Crippen molar-refractivity contribution in [3.63, 3.8) is 0 Å². The number of ether oxygens (including phenoxy) is 1. The van der Waals surface area contributed by atoms with E-state index < -0.39 is 0 Å². The van der Waals surface area contributed by atoms with Crippen LogP contribution in [-0.2, 0) is 4.79 Å². The van der Waals surface area contributed by atoms with Crippen molar-refractivity contribution in [2.75, 3.05) is 7.11 Å². The second-order valence-electron chi connectivity index (χ2n) is 7.25. The van der Waals surface area contributed by atoms with Gasteiger partial charge in [-0.1, -0.05) is 19.9 Å². The molecule has 0 fully saturated rings. The van der Waals surface area contributed by atoms with Crippen LogP contribution in [0.5, 0.6) is 5.75 Å². The van der Waals surface area contributed by atoms with Crippen LogP contribution in [-0.4, -0.2) is 33.7 Å². The van der Waals surface area contributed by atoms with E-state index in [1.165, 1.54) is 24.3 Å². The van der Waals surface area contributed by atoms with E-state index in [1.54, 1.807) is 18.5 Å².